The van der Waals surface area contributed by atoms with Gasteiger partial charge in [0.1, 0.15) is 231 Å². The summed E-state index contributed by atoms with van der Waals surface area (Å²) in [6.07, 6.45) is 0. The monoisotopic (exact) mass is 876 g/mol. The molecule has 0 N–H and O–H groups in total. The van der Waals surface area contributed by atoms with Crippen LogP contribution in [0.5, 0.6) is 0 Å². The Bertz CT molecular complexity index is 4330. The van der Waals surface area contributed by atoms with E-state index in [2.05, 4.69) is 0 Å². The van der Waals surface area contributed by atoms with Gasteiger partial charge in [-0.2, -0.15) is 0 Å². The Morgan fingerprint density at radius 1 is 0.120 bits per heavy atom. The molecule has 0 aliphatic rings. The summed E-state index contributed by atoms with van der Waals surface area (Å²) in [5.74, 6) is 0. The molecule has 0 aliphatic heterocycles. The maximum absolute atomic E-state index is 7.34. The largest absolute Gasteiger partial charge is 0.456 e. The lowest BCUT2D eigenvalue weighted by atomic mass is 9.55. The van der Waals surface area contributed by atoms with Crippen LogP contribution in [0.25, 0.3) is 98.4 Å². The first-order valence-electron chi connectivity index (χ1n) is 22.0. The molecule has 274 valence electrons. The average molecular weight is 871 g/mol. The molecule has 9 aromatic carbocycles. The van der Waals surface area contributed by atoms with Crippen molar-refractivity contribution >= 4 is 438 Å². The Morgan fingerprint density at radius 3 is 0.667 bits per heavy atom. The average Bonchev–Trinajstić information content (AvgIpc) is 3.79. The van der Waals surface area contributed by atoms with Crippen LogP contribution in [0.15, 0.2) is 4.42 Å². The van der Waals surface area contributed by atoms with E-state index >= 15 is 0 Å². The molecule has 10 aromatic rings. The predicted octanol–water partition coefficient (Wildman–Crippen LogP) is -20.6. The number of hydrogen-bond donors (Lipinski definition) is 0. The molecule has 1 heterocycles. The molecule has 56 radical (unpaired) electrons. The fraction of sp³-hybridized carbons (Fsp3) is 0. The zero-order valence-electron chi connectivity index (χ0n) is 39.6. The summed E-state index contributed by atoms with van der Waals surface area (Å²) < 4.78 is 6.63. The molecular formula is C46B28O. The van der Waals surface area contributed by atoms with E-state index in [1.807, 2.05) is 0 Å². The van der Waals surface area contributed by atoms with Crippen molar-refractivity contribution in [1.82, 2.24) is 0 Å². The van der Waals surface area contributed by atoms with E-state index in [1.165, 1.54) is 0 Å². The smallest absolute Gasteiger partial charge is 0.141 e. The lowest BCUT2D eigenvalue weighted by molar-refractivity contribution is 0.676. The molecule has 0 atom stereocenters. The number of fused-ring (bicyclic) bond motifs is 8. The van der Waals surface area contributed by atoms with Crippen molar-refractivity contribution < 1.29 is 4.42 Å². The molecule has 0 spiro atoms. The van der Waals surface area contributed by atoms with Gasteiger partial charge in [-0.15, -0.1) is 65.6 Å². The topological polar surface area (TPSA) is 13.1 Å². The van der Waals surface area contributed by atoms with Crippen molar-refractivity contribution in [2.75, 3.05) is 0 Å². The molecule has 10 rings (SSSR count). The number of benzene rings is 9. The summed E-state index contributed by atoms with van der Waals surface area (Å²) in [5, 5.41) is 0.0890. The first-order valence-corrected chi connectivity index (χ1v) is 22.0. The van der Waals surface area contributed by atoms with Crippen molar-refractivity contribution in [2.45, 2.75) is 0 Å². The third kappa shape index (κ3) is 6.85. The molecule has 0 aliphatic carbocycles. The predicted molar refractivity (Wildman–Crippen MR) is 351 cm³/mol. The van der Waals surface area contributed by atoms with Gasteiger partial charge in [0.05, 0.1) is 0 Å². The van der Waals surface area contributed by atoms with Crippen LogP contribution in [0.4, 0.5) is 0 Å². The Labute approximate surface area is 472 Å². The minimum atomic E-state index is -0.274. The highest BCUT2D eigenvalue weighted by molar-refractivity contribution is 6.78. The maximum atomic E-state index is 7.34. The van der Waals surface area contributed by atoms with Gasteiger partial charge >= 0.3 is 0 Å². The summed E-state index contributed by atoms with van der Waals surface area (Å²) >= 11 is 0. The second kappa shape index (κ2) is 18.1. The van der Waals surface area contributed by atoms with E-state index in [0.29, 0.717) is 0 Å². The molecule has 0 bridgehead atoms. The van der Waals surface area contributed by atoms with E-state index in [9.17, 15) is 0 Å². The minimum absolute atomic E-state index is 0.0214. The highest BCUT2D eigenvalue weighted by Gasteiger charge is 2.32. The Morgan fingerprint density at radius 2 is 0.307 bits per heavy atom. The summed E-state index contributed by atoms with van der Waals surface area (Å²) in [4.78, 5) is 0. The van der Waals surface area contributed by atoms with Gasteiger partial charge < -0.3 is 4.42 Å². The van der Waals surface area contributed by atoms with Crippen LogP contribution in [0, 0.1) is 0 Å². The molecule has 75 heavy (non-hydrogen) atoms. The molecule has 0 saturated carbocycles. The van der Waals surface area contributed by atoms with Crippen molar-refractivity contribution in [2.24, 2.45) is 0 Å². The summed E-state index contributed by atoms with van der Waals surface area (Å²) in [7, 11) is 191. The number of furan rings is 1. The molecular weight excluding hydrogens is 871 g/mol. The van der Waals surface area contributed by atoms with Crippen LogP contribution < -0.4 is 153 Å². The summed E-state index contributed by atoms with van der Waals surface area (Å²) in [6.45, 7) is 0. The van der Waals surface area contributed by atoms with E-state index in [1.54, 1.807) is 0 Å². The first-order chi connectivity index (χ1) is 35.0. The van der Waals surface area contributed by atoms with Gasteiger partial charge in [-0.3, -0.25) is 0 Å². The van der Waals surface area contributed by atoms with Crippen molar-refractivity contribution in [3.8, 4) is 33.4 Å². The normalized spacial score (nSPS) is 11.9. The quantitative estimate of drug-likeness (QED) is 0.127. The van der Waals surface area contributed by atoms with E-state index in [4.69, 9.17) is 224 Å². The Balaban J connectivity index is 1.58. The van der Waals surface area contributed by atoms with Gasteiger partial charge in [-0.1, -0.05) is 87.4 Å². The SMILES string of the molecule is [B]c1c([B])c([B])c(-c2c([B])c([B])c(-c3c4c([B])c([B])c([B])c([B])c4c(-c4c([B])c([B])c([B])c5oc6c7c([B])c([B])c([B])c([B])c7c([B])c([B])c6c45)c4c([B])c([B])c([B])c([B])c34)c3c([B])c([B])c([B])c([B])c23)c([B])c1[B]. The van der Waals surface area contributed by atoms with Crippen LogP contribution in [-0.4, -0.2) is 220 Å². The molecule has 0 unspecified atom stereocenters. The minimum Gasteiger partial charge on any atom is -0.456 e. The summed E-state index contributed by atoms with van der Waals surface area (Å²) in [6, 6.07) is 0. The fourth-order valence-corrected chi connectivity index (χ4v) is 10.7. The van der Waals surface area contributed by atoms with Crippen LogP contribution >= 0.6 is 0 Å². The Hall–Kier alpha value is -4.36. The molecule has 1 aromatic heterocycles. The molecule has 0 fully saturated rings. The third-order valence-electron chi connectivity index (χ3n) is 14.7. The molecule has 0 amide bonds. The highest BCUT2D eigenvalue weighted by atomic mass is 16.3. The molecule has 1 nitrogen and oxygen atoms in total. The second-order valence-corrected chi connectivity index (χ2v) is 18.3. The third-order valence-corrected chi connectivity index (χ3v) is 14.7. The zero-order valence-corrected chi connectivity index (χ0v) is 39.6. The van der Waals surface area contributed by atoms with Crippen molar-refractivity contribution in [1.29, 1.82) is 0 Å². The highest BCUT2D eigenvalue weighted by Crippen LogP contribution is 2.45. The number of hydrogen-bond acceptors (Lipinski definition) is 1. The van der Waals surface area contributed by atoms with Gasteiger partial charge in [0.25, 0.3) is 0 Å². The van der Waals surface area contributed by atoms with E-state index < -0.39 is 0 Å². The van der Waals surface area contributed by atoms with Crippen LogP contribution in [0.3, 0.4) is 0 Å². The van der Waals surface area contributed by atoms with Crippen molar-refractivity contribution in [3.05, 3.63) is 0 Å². The fourth-order valence-electron chi connectivity index (χ4n) is 10.7. The lowest BCUT2D eigenvalue weighted by Crippen LogP contribution is -2.56. The molecule has 0 saturated heterocycles. The van der Waals surface area contributed by atoms with Gasteiger partial charge in [-0.25, -0.2) is 0 Å². The first kappa shape index (κ1) is 54.0. The van der Waals surface area contributed by atoms with Crippen LogP contribution in [0.2, 0.25) is 0 Å². The standard InChI is InChI=1S/C46B28O/c47-17-7(9-10(25(55)37(67)36(66)24(9)54)11(18(17)48)13-27(57)39(69)43(73)40(70)28(13)58)1-3-5(21(51)34(64)32(62)19(3)49)2(6-4(1)20(50)33(63)35(65)22(6)52)8-12-15-30(60)26(56)14-16(31(61)41(71)38(68)29(14)59)45(15)75-46(12)44(74)42(72)23(8)53. The van der Waals surface area contributed by atoms with E-state index in [-0.39, 0.29) is 251 Å². The zero-order chi connectivity index (χ0) is 55.3. The van der Waals surface area contributed by atoms with E-state index in [0.717, 1.165) is 0 Å². The van der Waals surface area contributed by atoms with Gasteiger partial charge in [0, 0.05) is 16.2 Å². The van der Waals surface area contributed by atoms with Gasteiger partial charge in [0.2, 0.25) is 0 Å². The molecule has 29 heteroatoms. The van der Waals surface area contributed by atoms with Gasteiger partial charge in [0.15, 0.2) is 0 Å². The lowest BCUT2D eigenvalue weighted by Gasteiger charge is -2.33. The van der Waals surface area contributed by atoms with Crippen LogP contribution in [-0.2, 0) is 0 Å². The van der Waals surface area contributed by atoms with Gasteiger partial charge in [-0.05, 0) is 71.1 Å². The second-order valence-electron chi connectivity index (χ2n) is 18.3. The summed E-state index contributed by atoms with van der Waals surface area (Å²) in [5.41, 5.74) is -5.32. The number of rotatable bonds is 3. The van der Waals surface area contributed by atoms with Crippen LogP contribution in [0.1, 0.15) is 0 Å². The van der Waals surface area contributed by atoms with Crippen molar-refractivity contribution in [3.63, 3.8) is 0 Å². The Kier molecular flexibility index (Phi) is 13.0. The maximum Gasteiger partial charge on any atom is 0.141 e.